The maximum atomic E-state index is 11.8. The molecule has 1 rings (SSSR count). The Morgan fingerprint density at radius 2 is 2.00 bits per heavy atom. The molecular formula is C15H24N2O3. The molecule has 3 N–H and O–H groups in total. The number of hydrogen-bond acceptors (Lipinski definition) is 2. The number of carbonyl (C=O) groups excluding carboxylic acids is 1. The molecule has 0 saturated heterocycles. The highest BCUT2D eigenvalue weighted by Gasteiger charge is 2.37. The fourth-order valence-electron chi connectivity index (χ4n) is 2.24. The number of unbranched alkanes of at least 4 members (excludes halogenated alkanes) is 3. The summed E-state index contributed by atoms with van der Waals surface area (Å²) in [6.45, 7) is 4.46. The van der Waals surface area contributed by atoms with Crippen LogP contribution in [0.15, 0.2) is 24.3 Å². The van der Waals surface area contributed by atoms with Gasteiger partial charge < -0.3 is 15.7 Å². The van der Waals surface area contributed by atoms with E-state index in [1.807, 2.05) is 0 Å². The molecule has 0 heterocycles. The third-order valence-corrected chi connectivity index (χ3v) is 3.47. The fraction of sp³-hybridized carbons (Fsp3) is 0.600. The van der Waals surface area contributed by atoms with Crippen LogP contribution in [0.5, 0.6) is 0 Å². The summed E-state index contributed by atoms with van der Waals surface area (Å²) >= 11 is 0. The Hall–Kier alpha value is -1.78. The zero-order chi connectivity index (χ0) is 15.0. The molecule has 5 nitrogen and oxygen atoms in total. The summed E-state index contributed by atoms with van der Waals surface area (Å²) in [5.41, 5.74) is -0.895. The van der Waals surface area contributed by atoms with Gasteiger partial charge in [0.2, 0.25) is 0 Å². The molecule has 5 heteroatoms. The Labute approximate surface area is 120 Å². The van der Waals surface area contributed by atoms with Crippen molar-refractivity contribution in [3.05, 3.63) is 24.3 Å². The predicted molar refractivity (Wildman–Crippen MR) is 78.5 cm³/mol. The second-order valence-electron chi connectivity index (χ2n) is 5.28. The molecule has 2 amide bonds. The molecule has 0 aromatic rings. The number of carboxylic acids is 1. The van der Waals surface area contributed by atoms with Gasteiger partial charge in [0, 0.05) is 6.54 Å². The summed E-state index contributed by atoms with van der Waals surface area (Å²) < 4.78 is 0. The van der Waals surface area contributed by atoms with Gasteiger partial charge in [-0.25, -0.2) is 4.79 Å². The average molecular weight is 280 g/mol. The summed E-state index contributed by atoms with van der Waals surface area (Å²) in [5.74, 6) is -1.70. The van der Waals surface area contributed by atoms with E-state index in [1.54, 1.807) is 31.2 Å². The second kappa shape index (κ2) is 7.72. The Bertz CT molecular complexity index is 404. The van der Waals surface area contributed by atoms with Crippen LogP contribution in [0.25, 0.3) is 0 Å². The maximum absolute atomic E-state index is 11.8. The summed E-state index contributed by atoms with van der Waals surface area (Å²) in [5, 5.41) is 14.7. The first-order chi connectivity index (χ1) is 9.49. The van der Waals surface area contributed by atoms with Crippen molar-refractivity contribution in [2.24, 2.45) is 5.92 Å². The van der Waals surface area contributed by atoms with E-state index in [-0.39, 0.29) is 6.03 Å². The molecule has 0 aliphatic heterocycles. The van der Waals surface area contributed by atoms with Gasteiger partial charge in [-0.15, -0.1) is 0 Å². The van der Waals surface area contributed by atoms with Crippen molar-refractivity contribution in [2.45, 2.75) is 45.1 Å². The van der Waals surface area contributed by atoms with Crippen molar-refractivity contribution >= 4 is 12.0 Å². The molecule has 0 bridgehead atoms. The summed E-state index contributed by atoms with van der Waals surface area (Å²) in [4.78, 5) is 23.1. The minimum Gasteiger partial charge on any atom is -0.481 e. The van der Waals surface area contributed by atoms with Crippen molar-refractivity contribution in [1.82, 2.24) is 10.6 Å². The standard InChI is InChI=1S/C15H24N2O3/c1-3-4-5-8-11-16-14(20)17-15(2)10-7-6-9-12(15)13(18)19/h6-7,9-10,12H,3-5,8,11H2,1-2H3,(H,18,19)(H2,16,17,20). The average Bonchev–Trinajstić information content (AvgIpc) is 2.38. The lowest BCUT2D eigenvalue weighted by Gasteiger charge is -2.33. The molecule has 0 radical (unpaired) electrons. The zero-order valence-electron chi connectivity index (χ0n) is 12.2. The van der Waals surface area contributed by atoms with Crippen molar-refractivity contribution < 1.29 is 14.7 Å². The lowest BCUT2D eigenvalue weighted by Crippen LogP contribution is -2.55. The van der Waals surface area contributed by atoms with Gasteiger partial charge in [-0.3, -0.25) is 4.79 Å². The Morgan fingerprint density at radius 3 is 2.65 bits per heavy atom. The summed E-state index contributed by atoms with van der Waals surface area (Å²) in [7, 11) is 0. The van der Waals surface area contributed by atoms with Gasteiger partial charge in [-0.05, 0) is 13.3 Å². The first kappa shape index (κ1) is 16.3. The number of aliphatic carboxylic acids is 1. The van der Waals surface area contributed by atoms with E-state index < -0.39 is 17.4 Å². The van der Waals surface area contributed by atoms with Crippen LogP contribution in [0.3, 0.4) is 0 Å². The van der Waals surface area contributed by atoms with Crippen LogP contribution in [-0.2, 0) is 4.79 Å². The van der Waals surface area contributed by atoms with Crippen LogP contribution >= 0.6 is 0 Å². The number of hydrogen-bond donors (Lipinski definition) is 3. The number of allylic oxidation sites excluding steroid dienone is 2. The van der Waals surface area contributed by atoms with E-state index in [0.29, 0.717) is 6.54 Å². The largest absolute Gasteiger partial charge is 0.481 e. The fourth-order valence-corrected chi connectivity index (χ4v) is 2.24. The number of carbonyl (C=O) groups is 2. The Kier molecular flexibility index (Phi) is 6.28. The second-order valence-corrected chi connectivity index (χ2v) is 5.28. The van der Waals surface area contributed by atoms with Gasteiger partial charge >= 0.3 is 12.0 Å². The quantitative estimate of drug-likeness (QED) is 0.627. The Balaban J connectivity index is 2.45. The molecule has 0 spiro atoms. The number of rotatable bonds is 7. The highest BCUT2D eigenvalue weighted by atomic mass is 16.4. The molecule has 112 valence electrons. The summed E-state index contributed by atoms with van der Waals surface area (Å²) in [6.07, 6.45) is 11.1. The van der Waals surface area contributed by atoms with E-state index >= 15 is 0 Å². The van der Waals surface area contributed by atoms with Crippen LogP contribution < -0.4 is 10.6 Å². The molecule has 0 fully saturated rings. The smallest absolute Gasteiger partial charge is 0.315 e. The molecular weight excluding hydrogens is 256 g/mol. The van der Waals surface area contributed by atoms with Gasteiger partial charge in [0.1, 0.15) is 5.92 Å². The van der Waals surface area contributed by atoms with Gasteiger partial charge in [-0.1, -0.05) is 50.5 Å². The molecule has 1 aliphatic rings. The Morgan fingerprint density at radius 1 is 1.25 bits per heavy atom. The number of urea groups is 1. The minimum atomic E-state index is -0.948. The van der Waals surface area contributed by atoms with Crippen LogP contribution in [0.2, 0.25) is 0 Å². The summed E-state index contributed by atoms with van der Waals surface area (Å²) in [6, 6.07) is -0.324. The molecule has 2 unspecified atom stereocenters. The molecule has 20 heavy (non-hydrogen) atoms. The third kappa shape index (κ3) is 4.72. The highest BCUT2D eigenvalue weighted by molar-refractivity contribution is 5.80. The van der Waals surface area contributed by atoms with Crippen LogP contribution in [0.1, 0.15) is 39.5 Å². The first-order valence-electron chi connectivity index (χ1n) is 7.14. The molecule has 0 aromatic carbocycles. The van der Waals surface area contributed by atoms with E-state index in [2.05, 4.69) is 17.6 Å². The van der Waals surface area contributed by atoms with Crippen molar-refractivity contribution in [3.63, 3.8) is 0 Å². The van der Waals surface area contributed by atoms with Crippen molar-refractivity contribution in [2.75, 3.05) is 6.54 Å². The van der Waals surface area contributed by atoms with E-state index in [1.165, 1.54) is 0 Å². The number of amides is 2. The topological polar surface area (TPSA) is 78.4 Å². The normalized spacial score (nSPS) is 24.4. The first-order valence-corrected chi connectivity index (χ1v) is 7.14. The molecule has 0 saturated carbocycles. The third-order valence-electron chi connectivity index (χ3n) is 3.47. The molecule has 0 aromatic heterocycles. The van der Waals surface area contributed by atoms with Gasteiger partial charge in [0.25, 0.3) is 0 Å². The van der Waals surface area contributed by atoms with Crippen LogP contribution in [0.4, 0.5) is 4.79 Å². The van der Waals surface area contributed by atoms with E-state index in [0.717, 1.165) is 25.7 Å². The minimum absolute atomic E-state index is 0.324. The number of carboxylic acid groups (broad SMARTS) is 1. The SMILES string of the molecule is CCCCCCNC(=O)NC1(C)C=CC=CC1C(=O)O. The van der Waals surface area contributed by atoms with Gasteiger partial charge in [-0.2, -0.15) is 0 Å². The monoisotopic (exact) mass is 280 g/mol. The van der Waals surface area contributed by atoms with Gasteiger partial charge in [0.05, 0.1) is 5.54 Å². The van der Waals surface area contributed by atoms with E-state index in [9.17, 15) is 14.7 Å². The van der Waals surface area contributed by atoms with Gasteiger partial charge in [0.15, 0.2) is 0 Å². The molecule has 1 aliphatic carbocycles. The highest BCUT2D eigenvalue weighted by Crippen LogP contribution is 2.24. The lowest BCUT2D eigenvalue weighted by atomic mass is 9.82. The van der Waals surface area contributed by atoms with Crippen molar-refractivity contribution in [1.29, 1.82) is 0 Å². The molecule has 2 atom stereocenters. The predicted octanol–water partition coefficient (Wildman–Crippen LogP) is 2.45. The van der Waals surface area contributed by atoms with E-state index in [4.69, 9.17) is 0 Å². The zero-order valence-corrected chi connectivity index (χ0v) is 12.2. The maximum Gasteiger partial charge on any atom is 0.315 e. The number of nitrogens with one attached hydrogen (secondary N) is 2. The van der Waals surface area contributed by atoms with Crippen LogP contribution in [0, 0.1) is 5.92 Å². The lowest BCUT2D eigenvalue weighted by molar-refractivity contribution is -0.141. The van der Waals surface area contributed by atoms with Crippen LogP contribution in [-0.4, -0.2) is 29.2 Å². The van der Waals surface area contributed by atoms with Crippen molar-refractivity contribution in [3.8, 4) is 0 Å².